The topological polar surface area (TPSA) is 82.9 Å². The Hall–Kier alpha value is -2.41. The third-order valence-electron chi connectivity index (χ3n) is 6.05. The number of imide groups is 1. The van der Waals surface area contributed by atoms with Crippen molar-refractivity contribution in [2.45, 2.75) is 52.0 Å². The van der Waals surface area contributed by atoms with Crippen LogP contribution in [0.25, 0.3) is 0 Å². The number of likely N-dealkylation sites (tertiary alicyclic amines) is 1. The standard InChI is InChI=1S/C22H32N4O3/c1-16(2)9-12-22(3)20(28)26(21(29)24-22)15-25-13-10-17(11-14-25)19(27)23-18-7-5-4-6-8-18/h4-8,16-17H,9-15H2,1-3H3,(H,23,27)(H,24,29)/p+1/t22-/m1/s1. The maximum absolute atomic E-state index is 12.9. The van der Waals surface area contributed by atoms with Crippen molar-refractivity contribution >= 4 is 23.5 Å². The van der Waals surface area contributed by atoms with E-state index in [-0.39, 0.29) is 23.8 Å². The molecule has 2 fully saturated rings. The summed E-state index contributed by atoms with van der Waals surface area (Å²) in [4.78, 5) is 40.3. The number of rotatable bonds is 7. The maximum atomic E-state index is 12.9. The largest absolute Gasteiger partial charge is 0.329 e. The predicted molar refractivity (Wildman–Crippen MR) is 111 cm³/mol. The van der Waals surface area contributed by atoms with Crippen molar-refractivity contribution in [3.8, 4) is 0 Å². The van der Waals surface area contributed by atoms with Gasteiger partial charge in [-0.3, -0.25) is 9.59 Å². The first-order valence-electron chi connectivity index (χ1n) is 10.6. The van der Waals surface area contributed by atoms with Crippen LogP contribution >= 0.6 is 0 Å². The molecule has 3 rings (SSSR count). The van der Waals surface area contributed by atoms with Gasteiger partial charge in [-0.05, 0) is 37.8 Å². The summed E-state index contributed by atoms with van der Waals surface area (Å²) in [5.74, 6) is 0.377. The van der Waals surface area contributed by atoms with E-state index < -0.39 is 5.54 Å². The zero-order valence-corrected chi connectivity index (χ0v) is 17.7. The lowest BCUT2D eigenvalue weighted by molar-refractivity contribution is -0.912. The normalized spacial score (nSPS) is 27.2. The number of nitrogens with one attached hydrogen (secondary N) is 3. The molecule has 158 valence electrons. The first-order valence-corrected chi connectivity index (χ1v) is 10.6. The number of nitrogens with zero attached hydrogens (tertiary/aromatic N) is 1. The average molecular weight is 402 g/mol. The van der Waals surface area contributed by atoms with Gasteiger partial charge in [-0.25, -0.2) is 9.69 Å². The lowest BCUT2D eigenvalue weighted by atomic mass is 9.92. The van der Waals surface area contributed by atoms with Crippen LogP contribution in [-0.2, 0) is 9.59 Å². The third kappa shape index (κ3) is 5.15. The highest BCUT2D eigenvalue weighted by molar-refractivity contribution is 6.06. The molecule has 4 amide bonds. The van der Waals surface area contributed by atoms with Crippen LogP contribution in [0.15, 0.2) is 30.3 Å². The van der Waals surface area contributed by atoms with E-state index in [2.05, 4.69) is 24.5 Å². The smallest absolute Gasteiger partial charge is 0.326 e. The van der Waals surface area contributed by atoms with Crippen LogP contribution in [0.3, 0.4) is 0 Å². The van der Waals surface area contributed by atoms with E-state index in [9.17, 15) is 14.4 Å². The zero-order chi connectivity index (χ0) is 21.0. The Morgan fingerprint density at radius 1 is 1.24 bits per heavy atom. The number of hydrogen-bond donors (Lipinski definition) is 3. The average Bonchev–Trinajstić information content (AvgIpc) is 2.91. The van der Waals surface area contributed by atoms with Gasteiger partial charge in [0.1, 0.15) is 5.54 Å². The van der Waals surface area contributed by atoms with Gasteiger partial charge in [0.25, 0.3) is 5.91 Å². The number of benzene rings is 1. The molecular formula is C22H33N4O3+. The van der Waals surface area contributed by atoms with E-state index in [0.717, 1.165) is 38.0 Å². The number of para-hydroxylation sites is 1. The molecule has 2 heterocycles. The van der Waals surface area contributed by atoms with Gasteiger partial charge in [0, 0.05) is 24.4 Å². The van der Waals surface area contributed by atoms with Crippen LogP contribution in [0.5, 0.6) is 0 Å². The van der Waals surface area contributed by atoms with Crippen LogP contribution in [0.2, 0.25) is 0 Å². The van der Waals surface area contributed by atoms with Gasteiger partial charge >= 0.3 is 6.03 Å². The molecule has 0 spiro atoms. The van der Waals surface area contributed by atoms with Gasteiger partial charge in [0.05, 0.1) is 13.1 Å². The van der Waals surface area contributed by atoms with E-state index >= 15 is 0 Å². The molecule has 0 aliphatic carbocycles. The van der Waals surface area contributed by atoms with Crippen molar-refractivity contribution in [2.24, 2.45) is 11.8 Å². The number of quaternary nitrogens is 1. The second kappa shape index (κ2) is 8.95. The van der Waals surface area contributed by atoms with Gasteiger partial charge < -0.3 is 15.5 Å². The van der Waals surface area contributed by atoms with Gasteiger partial charge in [-0.1, -0.05) is 32.0 Å². The molecule has 0 bridgehead atoms. The van der Waals surface area contributed by atoms with Crippen molar-refractivity contribution in [3.05, 3.63) is 30.3 Å². The van der Waals surface area contributed by atoms with E-state index in [1.807, 2.05) is 37.3 Å². The highest BCUT2D eigenvalue weighted by Crippen LogP contribution is 2.24. The molecule has 0 unspecified atom stereocenters. The summed E-state index contributed by atoms with van der Waals surface area (Å²) in [6, 6.07) is 9.18. The Morgan fingerprint density at radius 3 is 2.52 bits per heavy atom. The summed E-state index contributed by atoms with van der Waals surface area (Å²) in [6.45, 7) is 7.97. The summed E-state index contributed by atoms with van der Waals surface area (Å²) in [6.07, 6.45) is 3.05. The summed E-state index contributed by atoms with van der Waals surface area (Å²) < 4.78 is 0. The molecule has 1 aromatic rings. The molecule has 0 radical (unpaired) electrons. The van der Waals surface area contributed by atoms with Crippen molar-refractivity contribution in [1.82, 2.24) is 10.2 Å². The first-order chi connectivity index (χ1) is 13.8. The summed E-state index contributed by atoms with van der Waals surface area (Å²) in [5.41, 5.74) is 0.0154. The van der Waals surface area contributed by atoms with E-state index in [1.165, 1.54) is 9.80 Å². The number of hydrogen-bond acceptors (Lipinski definition) is 3. The van der Waals surface area contributed by atoms with Gasteiger partial charge in [0.2, 0.25) is 5.91 Å². The predicted octanol–water partition coefficient (Wildman–Crippen LogP) is 1.62. The Kier molecular flexibility index (Phi) is 6.57. The SMILES string of the molecule is CC(C)CC[C@@]1(C)NC(=O)N(C[NH+]2CCC(C(=O)Nc3ccccc3)CC2)C1=O. The van der Waals surface area contributed by atoms with Crippen LogP contribution in [0, 0.1) is 11.8 Å². The number of anilines is 1. The number of carbonyl (C=O) groups is 3. The number of piperidine rings is 1. The first kappa shape index (κ1) is 21.3. The molecule has 2 aliphatic rings. The van der Waals surface area contributed by atoms with Crippen LogP contribution in [0.1, 0.15) is 46.5 Å². The summed E-state index contributed by atoms with van der Waals surface area (Å²) in [7, 11) is 0. The van der Waals surface area contributed by atoms with E-state index in [0.29, 0.717) is 19.0 Å². The molecule has 29 heavy (non-hydrogen) atoms. The fourth-order valence-corrected chi connectivity index (χ4v) is 4.07. The summed E-state index contributed by atoms with van der Waals surface area (Å²) >= 11 is 0. The van der Waals surface area contributed by atoms with Crippen molar-refractivity contribution in [2.75, 3.05) is 25.1 Å². The minimum absolute atomic E-state index is 0.0293. The fourth-order valence-electron chi connectivity index (χ4n) is 4.07. The van der Waals surface area contributed by atoms with Crippen molar-refractivity contribution < 1.29 is 19.3 Å². The fraction of sp³-hybridized carbons (Fsp3) is 0.591. The maximum Gasteiger partial charge on any atom is 0.329 e. The van der Waals surface area contributed by atoms with Crippen molar-refractivity contribution in [3.63, 3.8) is 0 Å². The second-order valence-electron chi connectivity index (χ2n) is 8.97. The van der Waals surface area contributed by atoms with E-state index in [4.69, 9.17) is 0 Å². The molecule has 0 saturated carbocycles. The highest BCUT2D eigenvalue weighted by atomic mass is 16.2. The molecule has 2 saturated heterocycles. The van der Waals surface area contributed by atoms with Crippen molar-refractivity contribution in [1.29, 1.82) is 0 Å². The van der Waals surface area contributed by atoms with Crippen LogP contribution < -0.4 is 15.5 Å². The molecule has 1 atom stereocenters. The molecule has 7 nitrogen and oxygen atoms in total. The Balaban J connectivity index is 1.49. The Bertz CT molecular complexity index is 744. The van der Waals surface area contributed by atoms with Gasteiger partial charge in [-0.2, -0.15) is 0 Å². The molecule has 2 aliphatic heterocycles. The lowest BCUT2D eigenvalue weighted by Gasteiger charge is -2.30. The monoisotopic (exact) mass is 401 g/mol. The molecule has 3 N–H and O–H groups in total. The highest BCUT2D eigenvalue weighted by Gasteiger charge is 2.48. The molecule has 7 heteroatoms. The minimum atomic E-state index is -0.797. The quantitative estimate of drug-likeness (QED) is 0.607. The molecular weight excluding hydrogens is 368 g/mol. The Labute approximate surface area is 172 Å². The van der Waals surface area contributed by atoms with Gasteiger partial charge in [0.15, 0.2) is 6.67 Å². The number of urea groups is 1. The molecule has 1 aromatic carbocycles. The molecule has 0 aromatic heterocycles. The van der Waals surface area contributed by atoms with Crippen LogP contribution in [-0.4, -0.2) is 48.0 Å². The number of carbonyl (C=O) groups excluding carboxylic acids is 3. The summed E-state index contributed by atoms with van der Waals surface area (Å²) in [5, 5.41) is 5.86. The second-order valence-corrected chi connectivity index (χ2v) is 8.97. The van der Waals surface area contributed by atoms with E-state index in [1.54, 1.807) is 0 Å². The zero-order valence-electron chi connectivity index (χ0n) is 17.7. The lowest BCUT2D eigenvalue weighted by Crippen LogP contribution is -3.14. The van der Waals surface area contributed by atoms with Crippen LogP contribution in [0.4, 0.5) is 10.5 Å². The number of amides is 4. The third-order valence-corrected chi connectivity index (χ3v) is 6.05. The van der Waals surface area contributed by atoms with Gasteiger partial charge in [-0.15, -0.1) is 0 Å². The minimum Gasteiger partial charge on any atom is -0.326 e. The Morgan fingerprint density at radius 2 is 1.90 bits per heavy atom.